The molecule has 18 heavy (non-hydrogen) atoms. The van der Waals surface area contributed by atoms with Crippen LogP contribution in [0.2, 0.25) is 0 Å². The summed E-state index contributed by atoms with van der Waals surface area (Å²) < 4.78 is 4.88. The molecule has 0 bridgehead atoms. The zero-order valence-electron chi connectivity index (χ0n) is 11.4. The van der Waals surface area contributed by atoms with Crippen LogP contribution in [0.4, 0.5) is 4.79 Å². The first-order chi connectivity index (χ1) is 8.27. The number of likely N-dealkylation sites (tertiary alicyclic amines) is 1. The summed E-state index contributed by atoms with van der Waals surface area (Å²) in [5.74, 6) is -0.394. The smallest absolute Gasteiger partial charge is 0.407 e. The van der Waals surface area contributed by atoms with E-state index in [4.69, 9.17) is 4.74 Å². The first kappa shape index (κ1) is 14.5. The fraction of sp³-hybridized carbons (Fsp3) is 0.692. The summed E-state index contributed by atoms with van der Waals surface area (Å²) in [5, 5.41) is 9.18. The predicted octanol–water partition coefficient (Wildman–Crippen LogP) is 2.27. The Kier molecular flexibility index (Phi) is 4.38. The number of rotatable bonds is 2. The third kappa shape index (κ3) is 3.24. The van der Waals surface area contributed by atoms with Crippen LogP contribution in [0, 0.1) is 5.41 Å². The summed E-state index contributed by atoms with van der Waals surface area (Å²) >= 11 is 0. The van der Waals surface area contributed by atoms with E-state index >= 15 is 0 Å². The van der Waals surface area contributed by atoms with Crippen LogP contribution in [-0.4, -0.2) is 41.3 Å². The van der Waals surface area contributed by atoms with Gasteiger partial charge in [-0.2, -0.15) is 0 Å². The van der Waals surface area contributed by atoms with Gasteiger partial charge in [0.25, 0.3) is 0 Å². The monoisotopic (exact) mass is 255 g/mol. The molecule has 1 N–H and O–H groups in total. The molecule has 1 amide bonds. The van der Waals surface area contributed by atoms with Gasteiger partial charge in [0.05, 0.1) is 12.6 Å². The molecule has 1 atom stereocenters. The summed E-state index contributed by atoms with van der Waals surface area (Å²) in [7, 11) is 0. The number of hydrogen-bond acceptors (Lipinski definition) is 3. The molecule has 1 saturated heterocycles. The lowest BCUT2D eigenvalue weighted by Gasteiger charge is -2.34. The Morgan fingerprint density at radius 1 is 1.50 bits per heavy atom. The summed E-state index contributed by atoms with van der Waals surface area (Å²) in [6.45, 7) is 8.41. The van der Waals surface area contributed by atoms with Crippen molar-refractivity contribution in [1.29, 1.82) is 0 Å². The average Bonchev–Trinajstić information content (AvgIpc) is 2.61. The van der Waals surface area contributed by atoms with E-state index in [9.17, 15) is 14.7 Å². The molecule has 0 aromatic carbocycles. The summed E-state index contributed by atoms with van der Waals surface area (Å²) in [5.41, 5.74) is 0.594. The Bertz CT molecular complexity index is 368. The predicted molar refractivity (Wildman–Crippen MR) is 67.3 cm³/mol. The standard InChI is InChI=1S/C13H21NO4/c1-5-18-10(15)8-9-6-7-14(12(16)17)11(9)13(2,3)4/h8,11H,5-7H2,1-4H3,(H,16,17). The van der Waals surface area contributed by atoms with Gasteiger partial charge in [-0.05, 0) is 24.3 Å². The Balaban J connectivity index is 2.99. The molecular formula is C13H21NO4. The number of ether oxygens (including phenoxy) is 1. The molecule has 0 saturated carbocycles. The van der Waals surface area contributed by atoms with Crippen molar-refractivity contribution in [3.63, 3.8) is 0 Å². The minimum Gasteiger partial charge on any atom is -0.465 e. The van der Waals surface area contributed by atoms with E-state index in [1.807, 2.05) is 20.8 Å². The first-order valence-corrected chi connectivity index (χ1v) is 6.14. The maximum atomic E-state index is 11.5. The zero-order valence-corrected chi connectivity index (χ0v) is 11.4. The maximum Gasteiger partial charge on any atom is 0.407 e. The minimum absolute atomic E-state index is 0.243. The lowest BCUT2D eigenvalue weighted by atomic mass is 9.82. The van der Waals surface area contributed by atoms with E-state index in [0.717, 1.165) is 5.57 Å². The topological polar surface area (TPSA) is 66.8 Å². The zero-order chi connectivity index (χ0) is 13.9. The second-order valence-electron chi connectivity index (χ2n) is 5.47. The fourth-order valence-electron chi connectivity index (χ4n) is 2.43. The molecule has 0 spiro atoms. The Morgan fingerprint density at radius 3 is 2.56 bits per heavy atom. The quantitative estimate of drug-likeness (QED) is 0.607. The van der Waals surface area contributed by atoms with Crippen LogP contribution in [0.25, 0.3) is 0 Å². The summed E-state index contributed by atoms with van der Waals surface area (Å²) in [6.07, 6.45) is 1.09. The molecule has 1 aliphatic heterocycles. The van der Waals surface area contributed by atoms with Crippen molar-refractivity contribution in [1.82, 2.24) is 4.90 Å². The number of hydrogen-bond donors (Lipinski definition) is 1. The van der Waals surface area contributed by atoms with Gasteiger partial charge in [-0.25, -0.2) is 9.59 Å². The van der Waals surface area contributed by atoms with Crippen molar-refractivity contribution >= 4 is 12.1 Å². The van der Waals surface area contributed by atoms with Gasteiger partial charge in [-0.1, -0.05) is 20.8 Å². The van der Waals surface area contributed by atoms with Crippen LogP contribution < -0.4 is 0 Å². The third-order valence-electron chi connectivity index (χ3n) is 2.96. The highest BCUT2D eigenvalue weighted by atomic mass is 16.5. The summed E-state index contributed by atoms with van der Waals surface area (Å²) in [6, 6.07) is -0.264. The van der Waals surface area contributed by atoms with Crippen LogP contribution in [-0.2, 0) is 9.53 Å². The van der Waals surface area contributed by atoms with Crippen molar-refractivity contribution in [3.8, 4) is 0 Å². The van der Waals surface area contributed by atoms with Gasteiger partial charge in [-0.3, -0.25) is 0 Å². The minimum atomic E-state index is -0.942. The molecule has 1 rings (SSSR count). The molecule has 102 valence electrons. The van der Waals surface area contributed by atoms with E-state index in [0.29, 0.717) is 19.6 Å². The van der Waals surface area contributed by atoms with Gasteiger partial charge >= 0.3 is 12.1 Å². The van der Waals surface area contributed by atoms with Crippen LogP contribution in [0.5, 0.6) is 0 Å². The molecule has 0 aromatic heterocycles. The number of carboxylic acid groups (broad SMARTS) is 1. The highest BCUT2D eigenvalue weighted by Crippen LogP contribution is 2.36. The Hall–Kier alpha value is -1.52. The molecule has 1 aliphatic rings. The molecule has 0 aliphatic carbocycles. The van der Waals surface area contributed by atoms with Crippen molar-refractivity contribution in [2.75, 3.05) is 13.2 Å². The molecule has 1 heterocycles. The highest BCUT2D eigenvalue weighted by molar-refractivity contribution is 5.83. The lowest BCUT2D eigenvalue weighted by Crippen LogP contribution is -2.43. The van der Waals surface area contributed by atoms with Crippen molar-refractivity contribution in [2.45, 2.75) is 40.2 Å². The molecule has 5 nitrogen and oxygen atoms in total. The van der Waals surface area contributed by atoms with Gasteiger partial charge in [0, 0.05) is 12.6 Å². The van der Waals surface area contributed by atoms with Crippen molar-refractivity contribution < 1.29 is 19.4 Å². The Labute approximate surface area is 107 Å². The molecule has 0 aromatic rings. The van der Waals surface area contributed by atoms with Gasteiger partial charge in [0.1, 0.15) is 0 Å². The van der Waals surface area contributed by atoms with E-state index in [-0.39, 0.29) is 11.5 Å². The molecule has 1 fully saturated rings. The number of carbonyl (C=O) groups is 2. The van der Waals surface area contributed by atoms with E-state index < -0.39 is 12.1 Å². The largest absolute Gasteiger partial charge is 0.465 e. The second kappa shape index (κ2) is 5.42. The molecular weight excluding hydrogens is 234 g/mol. The average molecular weight is 255 g/mol. The van der Waals surface area contributed by atoms with Crippen LogP contribution >= 0.6 is 0 Å². The van der Waals surface area contributed by atoms with E-state index in [1.165, 1.54) is 11.0 Å². The van der Waals surface area contributed by atoms with Crippen molar-refractivity contribution in [3.05, 3.63) is 11.6 Å². The maximum absolute atomic E-state index is 11.5. The SMILES string of the molecule is CCOC(=O)C=C1CCN(C(=O)O)C1C(C)(C)C. The number of nitrogens with zero attached hydrogens (tertiary/aromatic N) is 1. The lowest BCUT2D eigenvalue weighted by molar-refractivity contribution is -0.137. The first-order valence-electron chi connectivity index (χ1n) is 6.14. The van der Waals surface area contributed by atoms with E-state index in [2.05, 4.69) is 0 Å². The number of esters is 1. The van der Waals surface area contributed by atoms with E-state index in [1.54, 1.807) is 6.92 Å². The van der Waals surface area contributed by atoms with Crippen LogP contribution in [0.1, 0.15) is 34.1 Å². The summed E-state index contributed by atoms with van der Waals surface area (Å²) in [4.78, 5) is 24.1. The Morgan fingerprint density at radius 2 is 2.11 bits per heavy atom. The molecule has 5 heteroatoms. The third-order valence-corrected chi connectivity index (χ3v) is 2.96. The molecule has 0 radical (unpaired) electrons. The van der Waals surface area contributed by atoms with Crippen LogP contribution in [0.3, 0.4) is 0 Å². The number of carbonyl (C=O) groups excluding carboxylic acids is 1. The van der Waals surface area contributed by atoms with Crippen LogP contribution in [0.15, 0.2) is 11.6 Å². The van der Waals surface area contributed by atoms with Gasteiger partial charge in [0.15, 0.2) is 0 Å². The second-order valence-corrected chi connectivity index (χ2v) is 5.47. The van der Waals surface area contributed by atoms with Gasteiger partial charge < -0.3 is 14.7 Å². The van der Waals surface area contributed by atoms with Gasteiger partial charge in [0.2, 0.25) is 0 Å². The number of amides is 1. The normalized spacial score (nSPS) is 22.3. The van der Waals surface area contributed by atoms with Crippen molar-refractivity contribution in [2.24, 2.45) is 5.41 Å². The fourth-order valence-corrected chi connectivity index (χ4v) is 2.43. The molecule has 1 unspecified atom stereocenters. The highest BCUT2D eigenvalue weighted by Gasteiger charge is 2.40. The van der Waals surface area contributed by atoms with Gasteiger partial charge in [-0.15, -0.1) is 0 Å².